The first-order valence-corrected chi connectivity index (χ1v) is 11.3. The van der Waals surface area contributed by atoms with Gasteiger partial charge in [-0.3, -0.25) is 14.6 Å². The SMILES string of the molecule is CC1CCC(=O)N(C[C@@H](N)CC(=O)N2CCc3c(nc(-c4cccnc4)nc3C(F)(F)F)C2)C1. The van der Waals surface area contributed by atoms with Crippen molar-refractivity contribution in [1.29, 1.82) is 0 Å². The summed E-state index contributed by atoms with van der Waals surface area (Å²) in [7, 11) is 0. The summed E-state index contributed by atoms with van der Waals surface area (Å²) in [6.45, 7) is 3.03. The molecule has 4 rings (SSSR count). The van der Waals surface area contributed by atoms with Gasteiger partial charge in [0.1, 0.15) is 0 Å². The van der Waals surface area contributed by atoms with Crippen molar-refractivity contribution in [2.75, 3.05) is 19.6 Å². The van der Waals surface area contributed by atoms with Gasteiger partial charge in [0.05, 0.1) is 12.2 Å². The molecule has 2 N–H and O–H groups in total. The van der Waals surface area contributed by atoms with E-state index in [9.17, 15) is 22.8 Å². The van der Waals surface area contributed by atoms with Crippen LogP contribution in [0.5, 0.6) is 0 Å². The van der Waals surface area contributed by atoms with Crippen LogP contribution in [0.1, 0.15) is 43.1 Å². The van der Waals surface area contributed by atoms with E-state index >= 15 is 0 Å². The Kier molecular flexibility index (Phi) is 6.83. The number of aromatic nitrogens is 3. The second-order valence-corrected chi connectivity index (χ2v) is 9.03. The maximum absolute atomic E-state index is 13.7. The summed E-state index contributed by atoms with van der Waals surface area (Å²) in [5.74, 6) is 0.0663. The highest BCUT2D eigenvalue weighted by Crippen LogP contribution is 2.35. The number of alkyl halides is 3. The van der Waals surface area contributed by atoms with E-state index in [1.54, 1.807) is 17.0 Å². The molecule has 0 aromatic carbocycles. The maximum atomic E-state index is 13.7. The van der Waals surface area contributed by atoms with Gasteiger partial charge in [0.25, 0.3) is 0 Å². The lowest BCUT2D eigenvalue weighted by Crippen LogP contribution is -2.48. The van der Waals surface area contributed by atoms with Crippen LogP contribution in [-0.2, 0) is 28.7 Å². The molecule has 34 heavy (non-hydrogen) atoms. The summed E-state index contributed by atoms with van der Waals surface area (Å²) in [4.78, 5) is 40.3. The van der Waals surface area contributed by atoms with Gasteiger partial charge in [0.2, 0.25) is 11.8 Å². The lowest BCUT2D eigenvalue weighted by atomic mass is 9.98. The number of hydrogen-bond donors (Lipinski definition) is 1. The zero-order valence-electron chi connectivity index (χ0n) is 18.9. The van der Waals surface area contributed by atoms with E-state index in [0.29, 0.717) is 24.4 Å². The zero-order valence-corrected chi connectivity index (χ0v) is 18.9. The van der Waals surface area contributed by atoms with E-state index in [0.717, 1.165) is 6.42 Å². The van der Waals surface area contributed by atoms with Crippen LogP contribution in [0.25, 0.3) is 11.4 Å². The fourth-order valence-corrected chi connectivity index (χ4v) is 4.48. The Hall–Kier alpha value is -3.08. The van der Waals surface area contributed by atoms with Crippen LogP contribution >= 0.6 is 0 Å². The standard InChI is InChI=1S/C23H27F3N6O2/c1-14-4-5-19(33)32(11-14)12-16(27)9-20(34)31-8-6-17-18(13-31)29-22(15-3-2-7-28-10-15)30-21(17)23(24,25)26/h2-3,7,10,14,16H,4-6,8-9,11-13,27H2,1H3/t14?,16-/m0/s1. The number of hydrogen-bond acceptors (Lipinski definition) is 6. The molecule has 11 heteroatoms. The number of pyridine rings is 1. The lowest BCUT2D eigenvalue weighted by molar-refractivity contribution is -0.142. The van der Waals surface area contributed by atoms with Crippen LogP contribution in [0.3, 0.4) is 0 Å². The quantitative estimate of drug-likeness (QED) is 0.711. The van der Waals surface area contributed by atoms with Crippen molar-refractivity contribution in [3.05, 3.63) is 41.5 Å². The first kappa shape index (κ1) is 24.1. The summed E-state index contributed by atoms with van der Waals surface area (Å²) < 4.78 is 41.2. The Morgan fingerprint density at radius 3 is 2.79 bits per heavy atom. The number of carbonyl (C=O) groups excluding carboxylic acids is 2. The molecule has 182 valence electrons. The number of piperidine rings is 1. The Labute approximate surface area is 195 Å². The molecule has 1 fully saturated rings. The lowest BCUT2D eigenvalue weighted by Gasteiger charge is -2.34. The van der Waals surface area contributed by atoms with Gasteiger partial charge >= 0.3 is 6.18 Å². The highest BCUT2D eigenvalue weighted by atomic mass is 19.4. The van der Waals surface area contributed by atoms with Crippen LogP contribution < -0.4 is 5.73 Å². The number of rotatable bonds is 5. The molecule has 2 aliphatic rings. The highest BCUT2D eigenvalue weighted by Gasteiger charge is 2.39. The third-order valence-corrected chi connectivity index (χ3v) is 6.23. The van der Waals surface area contributed by atoms with E-state index in [1.165, 1.54) is 17.3 Å². The number of fused-ring (bicyclic) bond motifs is 1. The van der Waals surface area contributed by atoms with Crippen molar-refractivity contribution in [1.82, 2.24) is 24.8 Å². The Morgan fingerprint density at radius 2 is 2.09 bits per heavy atom. The predicted octanol–water partition coefficient (Wildman–Crippen LogP) is 2.42. The average molecular weight is 477 g/mol. The molecule has 0 aliphatic carbocycles. The third-order valence-electron chi connectivity index (χ3n) is 6.23. The first-order chi connectivity index (χ1) is 16.1. The summed E-state index contributed by atoms with van der Waals surface area (Å²) >= 11 is 0. The minimum atomic E-state index is -4.64. The summed E-state index contributed by atoms with van der Waals surface area (Å²) in [5.41, 5.74) is 5.75. The molecule has 0 radical (unpaired) electrons. The smallest absolute Gasteiger partial charge is 0.341 e. The van der Waals surface area contributed by atoms with E-state index in [1.807, 2.05) is 0 Å². The molecule has 0 saturated carbocycles. The molecular weight excluding hydrogens is 449 g/mol. The van der Waals surface area contributed by atoms with Crippen molar-refractivity contribution in [3.63, 3.8) is 0 Å². The van der Waals surface area contributed by atoms with Crippen LogP contribution in [-0.4, -0.2) is 62.2 Å². The zero-order chi connectivity index (χ0) is 24.5. The molecular formula is C23H27F3N6O2. The van der Waals surface area contributed by atoms with Gasteiger partial charge < -0.3 is 15.5 Å². The molecule has 1 unspecified atom stereocenters. The molecule has 2 aromatic rings. The predicted molar refractivity (Wildman–Crippen MR) is 117 cm³/mol. The van der Waals surface area contributed by atoms with Gasteiger partial charge in [0.15, 0.2) is 11.5 Å². The molecule has 2 aromatic heterocycles. The van der Waals surface area contributed by atoms with Gasteiger partial charge in [-0.15, -0.1) is 0 Å². The number of likely N-dealkylation sites (tertiary alicyclic amines) is 1. The van der Waals surface area contributed by atoms with Gasteiger partial charge in [-0.1, -0.05) is 6.92 Å². The second-order valence-electron chi connectivity index (χ2n) is 9.03. The van der Waals surface area contributed by atoms with E-state index in [2.05, 4.69) is 21.9 Å². The average Bonchev–Trinajstić information content (AvgIpc) is 2.80. The number of halogens is 3. The van der Waals surface area contributed by atoms with Crippen molar-refractivity contribution in [2.24, 2.45) is 11.7 Å². The topological polar surface area (TPSA) is 105 Å². The Morgan fingerprint density at radius 1 is 1.29 bits per heavy atom. The van der Waals surface area contributed by atoms with Gasteiger partial charge in [-0.2, -0.15) is 13.2 Å². The monoisotopic (exact) mass is 476 g/mol. The Bertz CT molecular complexity index is 1060. The molecule has 8 nitrogen and oxygen atoms in total. The maximum Gasteiger partial charge on any atom is 0.433 e. The summed E-state index contributed by atoms with van der Waals surface area (Å²) in [6, 6.07) is 2.63. The van der Waals surface area contributed by atoms with Crippen LogP contribution in [0.15, 0.2) is 24.5 Å². The van der Waals surface area contributed by atoms with Crippen molar-refractivity contribution in [3.8, 4) is 11.4 Å². The molecule has 2 amide bonds. The normalized spacial score (nSPS) is 19.7. The summed E-state index contributed by atoms with van der Waals surface area (Å²) in [5, 5.41) is 0. The molecule has 2 atom stereocenters. The van der Waals surface area contributed by atoms with E-state index < -0.39 is 17.9 Å². The number of nitrogens with zero attached hydrogens (tertiary/aromatic N) is 5. The third kappa shape index (κ3) is 5.35. The molecule has 1 saturated heterocycles. The van der Waals surface area contributed by atoms with Crippen molar-refractivity contribution < 1.29 is 22.8 Å². The van der Waals surface area contributed by atoms with Gasteiger partial charge in [-0.25, -0.2) is 9.97 Å². The fourth-order valence-electron chi connectivity index (χ4n) is 4.48. The Balaban J connectivity index is 1.49. The van der Waals surface area contributed by atoms with Crippen molar-refractivity contribution in [2.45, 2.75) is 51.4 Å². The van der Waals surface area contributed by atoms with Crippen LogP contribution in [0.4, 0.5) is 13.2 Å². The van der Waals surface area contributed by atoms with Crippen LogP contribution in [0.2, 0.25) is 0 Å². The number of nitrogens with two attached hydrogens (primary N) is 1. The second kappa shape index (κ2) is 9.65. The van der Waals surface area contributed by atoms with Crippen molar-refractivity contribution >= 4 is 11.8 Å². The largest absolute Gasteiger partial charge is 0.433 e. The van der Waals surface area contributed by atoms with Gasteiger partial charge in [-0.05, 0) is 30.9 Å². The molecule has 2 aliphatic heterocycles. The minimum Gasteiger partial charge on any atom is -0.341 e. The number of amides is 2. The minimum absolute atomic E-state index is 0.000167. The summed E-state index contributed by atoms with van der Waals surface area (Å²) in [6.07, 6.45) is -0.411. The first-order valence-electron chi connectivity index (χ1n) is 11.3. The molecule has 0 bridgehead atoms. The number of carbonyl (C=O) groups is 2. The van der Waals surface area contributed by atoms with Crippen LogP contribution in [0, 0.1) is 5.92 Å². The fraction of sp³-hybridized carbons (Fsp3) is 0.522. The van der Waals surface area contributed by atoms with E-state index in [4.69, 9.17) is 5.73 Å². The highest BCUT2D eigenvalue weighted by molar-refractivity contribution is 5.78. The van der Waals surface area contributed by atoms with Gasteiger partial charge in [0, 0.05) is 62.0 Å². The van der Waals surface area contributed by atoms with E-state index in [-0.39, 0.29) is 61.4 Å². The molecule has 0 spiro atoms. The molecule has 4 heterocycles.